The fourth-order valence-electron chi connectivity index (χ4n) is 3.85. The molecule has 1 aromatic heterocycles. The van der Waals surface area contributed by atoms with E-state index in [-0.39, 0.29) is 5.91 Å². The SMILES string of the molecule is CCOc1ccc(NC(=O)CN2CCN(Cc3nc4ccccc4n3C)CC2)cc1. The Morgan fingerprint density at radius 1 is 1.03 bits per heavy atom. The van der Waals surface area contributed by atoms with Crippen LogP contribution in [0.5, 0.6) is 5.75 Å². The van der Waals surface area contributed by atoms with Gasteiger partial charge < -0.3 is 14.6 Å². The molecular weight excluding hydrogens is 378 g/mol. The molecule has 30 heavy (non-hydrogen) atoms. The van der Waals surface area contributed by atoms with Crippen LogP contribution in [0.15, 0.2) is 48.5 Å². The van der Waals surface area contributed by atoms with E-state index in [2.05, 4.69) is 38.9 Å². The monoisotopic (exact) mass is 407 g/mol. The van der Waals surface area contributed by atoms with Gasteiger partial charge >= 0.3 is 0 Å². The van der Waals surface area contributed by atoms with Gasteiger partial charge in [-0.2, -0.15) is 0 Å². The molecule has 1 aliphatic heterocycles. The van der Waals surface area contributed by atoms with Gasteiger partial charge in [0.15, 0.2) is 0 Å². The van der Waals surface area contributed by atoms with Crippen molar-refractivity contribution in [1.82, 2.24) is 19.4 Å². The molecule has 4 rings (SSSR count). The van der Waals surface area contributed by atoms with Gasteiger partial charge in [0.05, 0.1) is 30.7 Å². The smallest absolute Gasteiger partial charge is 0.238 e. The molecule has 2 aromatic carbocycles. The van der Waals surface area contributed by atoms with Gasteiger partial charge in [-0.1, -0.05) is 12.1 Å². The summed E-state index contributed by atoms with van der Waals surface area (Å²) in [5.74, 6) is 1.91. The van der Waals surface area contributed by atoms with Gasteiger partial charge in [0.25, 0.3) is 0 Å². The maximum absolute atomic E-state index is 12.4. The fourth-order valence-corrected chi connectivity index (χ4v) is 3.85. The standard InChI is InChI=1S/C23H29N5O2/c1-3-30-19-10-8-18(9-11-19)24-23(29)17-28-14-12-27(13-15-28)16-22-25-20-6-4-5-7-21(20)26(22)2/h4-11H,3,12-17H2,1-2H3,(H,24,29). The predicted octanol–water partition coefficient (Wildman–Crippen LogP) is 2.73. The van der Waals surface area contributed by atoms with Gasteiger partial charge in [-0.25, -0.2) is 4.98 Å². The molecule has 2 heterocycles. The third-order valence-electron chi connectivity index (χ3n) is 5.53. The van der Waals surface area contributed by atoms with E-state index >= 15 is 0 Å². The first-order valence-electron chi connectivity index (χ1n) is 10.5. The first kappa shape index (κ1) is 20.4. The third-order valence-corrected chi connectivity index (χ3v) is 5.53. The van der Waals surface area contributed by atoms with E-state index in [9.17, 15) is 4.79 Å². The second kappa shape index (κ2) is 9.28. The van der Waals surface area contributed by atoms with Crippen molar-refractivity contribution in [2.45, 2.75) is 13.5 Å². The van der Waals surface area contributed by atoms with Gasteiger partial charge in [0.1, 0.15) is 11.6 Å². The number of aryl methyl sites for hydroxylation is 1. The van der Waals surface area contributed by atoms with E-state index in [1.54, 1.807) is 0 Å². The van der Waals surface area contributed by atoms with Crippen molar-refractivity contribution >= 4 is 22.6 Å². The molecule has 0 radical (unpaired) electrons. The number of carbonyl (C=O) groups is 1. The summed E-state index contributed by atoms with van der Waals surface area (Å²) >= 11 is 0. The third kappa shape index (κ3) is 4.80. The quantitative estimate of drug-likeness (QED) is 0.653. The zero-order valence-corrected chi connectivity index (χ0v) is 17.7. The van der Waals surface area contributed by atoms with Crippen molar-refractivity contribution in [2.75, 3.05) is 44.6 Å². The summed E-state index contributed by atoms with van der Waals surface area (Å²) < 4.78 is 7.61. The van der Waals surface area contributed by atoms with Crippen molar-refractivity contribution in [1.29, 1.82) is 0 Å². The molecule has 7 nitrogen and oxygen atoms in total. The number of para-hydroxylation sites is 2. The molecule has 0 atom stereocenters. The lowest BCUT2D eigenvalue weighted by Crippen LogP contribution is -2.48. The summed E-state index contributed by atoms with van der Waals surface area (Å²) in [4.78, 5) is 21.8. The zero-order valence-electron chi connectivity index (χ0n) is 17.7. The summed E-state index contributed by atoms with van der Waals surface area (Å²) in [5.41, 5.74) is 3.00. The Morgan fingerprint density at radius 3 is 2.43 bits per heavy atom. The summed E-state index contributed by atoms with van der Waals surface area (Å²) in [5, 5.41) is 2.97. The van der Waals surface area contributed by atoms with Crippen molar-refractivity contribution in [3.05, 3.63) is 54.4 Å². The van der Waals surface area contributed by atoms with Crippen molar-refractivity contribution in [3.63, 3.8) is 0 Å². The number of rotatable bonds is 7. The van der Waals surface area contributed by atoms with E-state index in [4.69, 9.17) is 9.72 Å². The average molecular weight is 408 g/mol. The normalized spacial score (nSPS) is 15.4. The average Bonchev–Trinajstić information content (AvgIpc) is 3.07. The van der Waals surface area contributed by atoms with Crippen LogP contribution < -0.4 is 10.1 Å². The van der Waals surface area contributed by atoms with Crippen LogP contribution in [0, 0.1) is 0 Å². The predicted molar refractivity (Wildman–Crippen MR) is 119 cm³/mol. The van der Waals surface area contributed by atoms with Crippen LogP contribution in [0.2, 0.25) is 0 Å². The molecule has 1 fully saturated rings. The van der Waals surface area contributed by atoms with Crippen molar-refractivity contribution in [2.24, 2.45) is 7.05 Å². The Balaban J connectivity index is 1.25. The molecule has 3 aromatic rings. The molecule has 1 aliphatic rings. The van der Waals surface area contributed by atoms with Crippen LogP contribution in [0.4, 0.5) is 5.69 Å². The highest BCUT2D eigenvalue weighted by Gasteiger charge is 2.20. The lowest BCUT2D eigenvalue weighted by Gasteiger charge is -2.34. The fraction of sp³-hybridized carbons (Fsp3) is 0.391. The number of nitrogens with one attached hydrogen (secondary N) is 1. The van der Waals surface area contributed by atoms with Crippen LogP contribution in [0.25, 0.3) is 11.0 Å². The molecule has 1 amide bonds. The number of anilines is 1. The summed E-state index contributed by atoms with van der Waals surface area (Å²) in [6.07, 6.45) is 0. The van der Waals surface area contributed by atoms with Crippen molar-refractivity contribution < 1.29 is 9.53 Å². The molecule has 1 saturated heterocycles. The summed E-state index contributed by atoms with van der Waals surface area (Å²) in [6.45, 7) is 7.44. The van der Waals surface area contributed by atoms with Gasteiger partial charge in [-0.05, 0) is 43.3 Å². The highest BCUT2D eigenvalue weighted by molar-refractivity contribution is 5.92. The van der Waals surface area contributed by atoms with E-state index < -0.39 is 0 Å². The Bertz CT molecular complexity index is 991. The van der Waals surface area contributed by atoms with Crippen LogP contribution in [-0.4, -0.2) is 64.6 Å². The number of hydrogen-bond acceptors (Lipinski definition) is 5. The Kier molecular flexibility index (Phi) is 6.30. The highest BCUT2D eigenvalue weighted by atomic mass is 16.5. The summed E-state index contributed by atoms with van der Waals surface area (Å²) in [7, 11) is 2.08. The first-order valence-corrected chi connectivity index (χ1v) is 10.5. The molecule has 7 heteroatoms. The lowest BCUT2D eigenvalue weighted by molar-refractivity contribution is -0.117. The first-order chi connectivity index (χ1) is 14.6. The van der Waals surface area contributed by atoms with Crippen LogP contribution in [-0.2, 0) is 18.4 Å². The minimum atomic E-state index is 0.0166. The zero-order chi connectivity index (χ0) is 20.9. The minimum Gasteiger partial charge on any atom is -0.494 e. The number of carbonyl (C=O) groups excluding carboxylic acids is 1. The Morgan fingerprint density at radius 2 is 1.73 bits per heavy atom. The van der Waals surface area contributed by atoms with Gasteiger partial charge in [0.2, 0.25) is 5.91 Å². The molecule has 0 spiro atoms. The maximum Gasteiger partial charge on any atom is 0.238 e. The molecule has 0 aliphatic carbocycles. The number of fused-ring (bicyclic) bond motifs is 1. The van der Waals surface area contributed by atoms with E-state index in [1.165, 1.54) is 0 Å². The maximum atomic E-state index is 12.4. The molecule has 1 N–H and O–H groups in total. The number of hydrogen-bond donors (Lipinski definition) is 1. The molecule has 0 saturated carbocycles. The molecular formula is C23H29N5O2. The van der Waals surface area contributed by atoms with Crippen LogP contribution in [0.3, 0.4) is 0 Å². The second-order valence-electron chi connectivity index (χ2n) is 7.63. The number of amides is 1. The lowest BCUT2D eigenvalue weighted by atomic mass is 10.3. The number of imidazole rings is 1. The van der Waals surface area contributed by atoms with Gasteiger partial charge in [0, 0.05) is 38.9 Å². The van der Waals surface area contributed by atoms with Crippen LogP contribution in [0.1, 0.15) is 12.7 Å². The van der Waals surface area contributed by atoms with Gasteiger partial charge in [-0.3, -0.25) is 14.6 Å². The second-order valence-corrected chi connectivity index (χ2v) is 7.63. The summed E-state index contributed by atoms with van der Waals surface area (Å²) in [6, 6.07) is 15.7. The number of aromatic nitrogens is 2. The number of benzene rings is 2. The van der Waals surface area contributed by atoms with Crippen molar-refractivity contribution in [3.8, 4) is 5.75 Å². The molecule has 0 unspecified atom stereocenters. The van der Waals surface area contributed by atoms with Gasteiger partial charge in [-0.15, -0.1) is 0 Å². The Hall–Kier alpha value is -2.90. The number of ether oxygens (including phenoxy) is 1. The van der Waals surface area contributed by atoms with E-state index in [1.807, 2.05) is 43.3 Å². The number of nitrogens with zero attached hydrogens (tertiary/aromatic N) is 4. The van der Waals surface area contributed by atoms with E-state index in [0.29, 0.717) is 13.2 Å². The Labute approximate surface area is 177 Å². The van der Waals surface area contributed by atoms with E-state index in [0.717, 1.165) is 61.0 Å². The topological polar surface area (TPSA) is 62.6 Å². The van der Waals surface area contributed by atoms with Crippen LogP contribution >= 0.6 is 0 Å². The molecule has 0 bridgehead atoms. The minimum absolute atomic E-state index is 0.0166. The highest BCUT2D eigenvalue weighted by Crippen LogP contribution is 2.17. The molecule has 158 valence electrons. The number of piperazine rings is 1. The largest absolute Gasteiger partial charge is 0.494 e.